The number of aryl methyl sites for hydroxylation is 1. The van der Waals surface area contributed by atoms with Gasteiger partial charge in [-0.3, -0.25) is 0 Å². The summed E-state index contributed by atoms with van der Waals surface area (Å²) < 4.78 is 5.93. The van der Waals surface area contributed by atoms with Crippen LogP contribution in [0.4, 0.5) is 0 Å². The van der Waals surface area contributed by atoms with E-state index in [1.807, 2.05) is 0 Å². The number of unbranched alkanes of at least 4 members (excludes halogenated alkanes) is 1. The first-order chi connectivity index (χ1) is 10.3. The van der Waals surface area contributed by atoms with E-state index in [4.69, 9.17) is 4.74 Å². The van der Waals surface area contributed by atoms with Gasteiger partial charge in [0.1, 0.15) is 11.9 Å². The van der Waals surface area contributed by atoms with Crippen LogP contribution in [0, 0.1) is 0 Å². The zero-order valence-electron chi connectivity index (χ0n) is 13.0. The number of hydrogen-bond acceptors (Lipinski definition) is 3. The Hall–Kier alpha value is -1.32. The molecule has 0 saturated carbocycles. The lowest BCUT2D eigenvalue weighted by molar-refractivity contribution is 0.217. The van der Waals surface area contributed by atoms with E-state index in [2.05, 4.69) is 60.9 Å². The fraction of sp³-hybridized carbons (Fsp3) is 0.444. The molecule has 114 valence electrons. The van der Waals surface area contributed by atoms with Crippen molar-refractivity contribution in [2.75, 3.05) is 6.54 Å². The number of benzene rings is 1. The highest BCUT2D eigenvalue weighted by Gasteiger charge is 2.04. The Bertz CT molecular complexity index is 492. The van der Waals surface area contributed by atoms with E-state index in [9.17, 15) is 0 Å². The molecule has 0 aliphatic heterocycles. The van der Waals surface area contributed by atoms with Gasteiger partial charge in [0.05, 0.1) is 0 Å². The Labute approximate surface area is 132 Å². The molecule has 0 fully saturated rings. The zero-order valence-corrected chi connectivity index (χ0v) is 13.8. The number of nitrogens with one attached hydrogen (secondary N) is 1. The molecule has 2 aromatic rings. The normalized spacial score (nSPS) is 12.3. The van der Waals surface area contributed by atoms with Crippen LogP contribution < -0.4 is 10.1 Å². The Morgan fingerprint density at radius 3 is 2.67 bits per heavy atom. The highest BCUT2D eigenvalue weighted by Crippen LogP contribution is 2.15. The highest BCUT2D eigenvalue weighted by molar-refractivity contribution is 7.09. The van der Waals surface area contributed by atoms with Crippen molar-refractivity contribution < 1.29 is 4.74 Å². The summed E-state index contributed by atoms with van der Waals surface area (Å²) in [6.07, 6.45) is 3.83. The van der Waals surface area contributed by atoms with E-state index < -0.39 is 0 Å². The number of ether oxygens (including phenoxy) is 1. The van der Waals surface area contributed by atoms with E-state index in [1.165, 1.54) is 23.3 Å². The minimum Gasteiger partial charge on any atom is -0.489 e. The van der Waals surface area contributed by atoms with Crippen molar-refractivity contribution in [2.45, 2.75) is 45.8 Å². The quantitative estimate of drug-likeness (QED) is 0.728. The summed E-state index contributed by atoms with van der Waals surface area (Å²) in [6, 6.07) is 12.8. The third-order valence-corrected chi connectivity index (χ3v) is 4.27. The van der Waals surface area contributed by atoms with Gasteiger partial charge >= 0.3 is 0 Å². The lowest BCUT2D eigenvalue weighted by Gasteiger charge is -2.15. The predicted octanol–water partition coefficient (Wildman–Crippen LogP) is 4.65. The number of thiophene rings is 1. The largest absolute Gasteiger partial charge is 0.489 e. The molecule has 1 N–H and O–H groups in total. The fourth-order valence-corrected chi connectivity index (χ4v) is 2.88. The monoisotopic (exact) mass is 303 g/mol. The second kappa shape index (κ2) is 8.85. The van der Waals surface area contributed by atoms with Crippen LogP contribution in [-0.2, 0) is 13.0 Å². The van der Waals surface area contributed by atoms with Crippen molar-refractivity contribution in [3.05, 3.63) is 52.2 Å². The number of rotatable bonds is 9. The molecule has 0 spiro atoms. The molecule has 0 bridgehead atoms. The molecule has 0 amide bonds. The molecule has 2 nitrogen and oxygen atoms in total. The molecule has 21 heavy (non-hydrogen) atoms. The Balaban J connectivity index is 1.70. The summed E-state index contributed by atoms with van der Waals surface area (Å²) >= 11 is 1.78. The second-order valence-corrected chi connectivity index (χ2v) is 6.42. The van der Waals surface area contributed by atoms with Crippen LogP contribution in [0.1, 0.15) is 37.1 Å². The van der Waals surface area contributed by atoms with E-state index in [-0.39, 0.29) is 6.10 Å². The van der Waals surface area contributed by atoms with Gasteiger partial charge in [0.2, 0.25) is 0 Å². The van der Waals surface area contributed by atoms with Crippen LogP contribution in [0.15, 0.2) is 41.8 Å². The summed E-state index contributed by atoms with van der Waals surface area (Å²) in [5.41, 5.74) is 1.40. The summed E-state index contributed by atoms with van der Waals surface area (Å²) in [4.78, 5) is 1.36. The first kappa shape index (κ1) is 16.1. The van der Waals surface area contributed by atoms with Crippen molar-refractivity contribution in [3.63, 3.8) is 0 Å². The van der Waals surface area contributed by atoms with Crippen molar-refractivity contribution in [1.82, 2.24) is 5.32 Å². The van der Waals surface area contributed by atoms with Gasteiger partial charge in [0.15, 0.2) is 0 Å². The van der Waals surface area contributed by atoms with Gasteiger partial charge in [-0.05, 0) is 48.9 Å². The van der Waals surface area contributed by atoms with E-state index >= 15 is 0 Å². The number of hydrogen-bond donors (Lipinski definition) is 1. The lowest BCUT2D eigenvalue weighted by Crippen LogP contribution is -2.28. The van der Waals surface area contributed by atoms with E-state index in [0.717, 1.165) is 25.3 Å². The average Bonchev–Trinajstić information content (AvgIpc) is 3.00. The van der Waals surface area contributed by atoms with Gasteiger partial charge in [0, 0.05) is 18.0 Å². The second-order valence-electron chi connectivity index (χ2n) is 5.39. The lowest BCUT2D eigenvalue weighted by atomic mass is 10.1. The Morgan fingerprint density at radius 1 is 1.19 bits per heavy atom. The minimum atomic E-state index is 0.173. The molecule has 1 aromatic heterocycles. The van der Waals surface area contributed by atoms with Crippen LogP contribution in [0.5, 0.6) is 5.75 Å². The van der Waals surface area contributed by atoms with Crippen LogP contribution in [0.25, 0.3) is 0 Å². The molecular weight excluding hydrogens is 278 g/mol. The van der Waals surface area contributed by atoms with Gasteiger partial charge in [-0.25, -0.2) is 0 Å². The molecule has 1 aromatic carbocycles. The van der Waals surface area contributed by atoms with Crippen LogP contribution >= 0.6 is 11.3 Å². The van der Waals surface area contributed by atoms with Crippen molar-refractivity contribution in [3.8, 4) is 5.75 Å². The minimum absolute atomic E-state index is 0.173. The maximum atomic E-state index is 5.93. The molecule has 1 unspecified atom stereocenters. The molecule has 1 heterocycles. The highest BCUT2D eigenvalue weighted by atomic mass is 32.1. The van der Waals surface area contributed by atoms with Gasteiger partial charge in [-0.15, -0.1) is 11.3 Å². The van der Waals surface area contributed by atoms with E-state index in [1.54, 1.807) is 11.3 Å². The topological polar surface area (TPSA) is 21.3 Å². The first-order valence-electron chi connectivity index (χ1n) is 7.76. The standard InChI is InChI=1S/C18H25NOS/c1-3-4-6-16-8-10-17(11-9-16)20-15(2)13-19-14-18-7-5-12-21-18/h5,7-12,15,19H,3-4,6,13-14H2,1-2H3. The van der Waals surface area contributed by atoms with Crippen molar-refractivity contribution >= 4 is 11.3 Å². The molecule has 0 aliphatic rings. The average molecular weight is 303 g/mol. The van der Waals surface area contributed by atoms with Crippen LogP contribution in [-0.4, -0.2) is 12.6 Å². The van der Waals surface area contributed by atoms with Crippen molar-refractivity contribution in [2.24, 2.45) is 0 Å². The van der Waals surface area contributed by atoms with Crippen LogP contribution in [0.2, 0.25) is 0 Å². The third kappa shape index (κ3) is 5.90. The molecular formula is C18H25NOS. The summed E-state index contributed by atoms with van der Waals surface area (Å²) in [6.45, 7) is 6.10. The summed E-state index contributed by atoms with van der Waals surface area (Å²) in [5, 5.41) is 5.54. The van der Waals surface area contributed by atoms with Gasteiger partial charge < -0.3 is 10.1 Å². The van der Waals surface area contributed by atoms with Crippen LogP contribution in [0.3, 0.4) is 0 Å². The molecule has 1 atom stereocenters. The Morgan fingerprint density at radius 2 is 2.00 bits per heavy atom. The van der Waals surface area contributed by atoms with Gasteiger partial charge in [-0.1, -0.05) is 31.5 Å². The van der Waals surface area contributed by atoms with E-state index in [0.29, 0.717) is 0 Å². The SMILES string of the molecule is CCCCc1ccc(OC(C)CNCc2cccs2)cc1. The zero-order chi connectivity index (χ0) is 14.9. The first-order valence-corrected chi connectivity index (χ1v) is 8.64. The third-order valence-electron chi connectivity index (χ3n) is 3.39. The molecule has 0 radical (unpaired) electrons. The molecule has 0 saturated heterocycles. The fourth-order valence-electron chi connectivity index (χ4n) is 2.20. The maximum Gasteiger partial charge on any atom is 0.119 e. The van der Waals surface area contributed by atoms with Crippen molar-refractivity contribution in [1.29, 1.82) is 0 Å². The molecule has 3 heteroatoms. The Kier molecular flexibility index (Phi) is 6.77. The smallest absolute Gasteiger partial charge is 0.119 e. The van der Waals surface area contributed by atoms with Gasteiger partial charge in [-0.2, -0.15) is 0 Å². The summed E-state index contributed by atoms with van der Waals surface area (Å²) in [7, 11) is 0. The molecule has 0 aliphatic carbocycles. The summed E-state index contributed by atoms with van der Waals surface area (Å²) in [5.74, 6) is 0.959. The van der Waals surface area contributed by atoms with Gasteiger partial charge in [0.25, 0.3) is 0 Å². The predicted molar refractivity (Wildman–Crippen MR) is 91.2 cm³/mol. The molecule has 2 rings (SSSR count). The maximum absolute atomic E-state index is 5.93.